The van der Waals surface area contributed by atoms with Gasteiger partial charge in [0.1, 0.15) is 0 Å². The van der Waals surface area contributed by atoms with E-state index in [0.717, 1.165) is 12.3 Å². The first kappa shape index (κ1) is 9.98. The van der Waals surface area contributed by atoms with Gasteiger partial charge >= 0.3 is 0 Å². The number of carbonyl (C=O) groups excluding carboxylic acids is 1. The van der Waals surface area contributed by atoms with Crippen molar-refractivity contribution in [1.29, 1.82) is 0 Å². The number of halogens is 4. The fourth-order valence-electron chi connectivity index (χ4n) is 0.764. The first-order chi connectivity index (χ1) is 6.04. The Hall–Kier alpha value is -1.10. The lowest BCUT2D eigenvalue weighted by molar-refractivity contribution is 0.107. The molecule has 0 aliphatic rings. The lowest BCUT2D eigenvalue weighted by atomic mass is 10.2. The van der Waals surface area contributed by atoms with E-state index in [-0.39, 0.29) is 0 Å². The van der Waals surface area contributed by atoms with Crippen LogP contribution in [0.5, 0.6) is 0 Å². The third-order valence-corrected chi connectivity index (χ3v) is 1.52. The molecule has 0 aliphatic heterocycles. The van der Waals surface area contributed by atoms with Crippen molar-refractivity contribution in [2.45, 2.75) is 6.43 Å². The summed E-state index contributed by atoms with van der Waals surface area (Å²) in [5, 5.41) is -1.19. The molecule has 6 heteroatoms. The van der Waals surface area contributed by atoms with Gasteiger partial charge in [-0.3, -0.25) is 4.79 Å². The summed E-state index contributed by atoms with van der Waals surface area (Å²) >= 11 is 4.90. The molecule has 1 rings (SSSR count). The van der Waals surface area contributed by atoms with Gasteiger partial charge in [0.15, 0.2) is 11.5 Å². The van der Waals surface area contributed by atoms with Gasteiger partial charge in [-0.2, -0.15) is 0 Å². The largest absolute Gasteiger partial charge is 0.274 e. The molecule has 0 radical (unpaired) electrons. The van der Waals surface area contributed by atoms with Gasteiger partial charge < -0.3 is 0 Å². The number of carbonyl (C=O) groups is 1. The number of rotatable bonds is 2. The van der Waals surface area contributed by atoms with Crippen molar-refractivity contribution in [1.82, 2.24) is 4.98 Å². The smallest absolute Gasteiger partial charge is 0.273 e. The van der Waals surface area contributed by atoms with E-state index in [1.807, 2.05) is 0 Å². The van der Waals surface area contributed by atoms with Crippen LogP contribution in [0.2, 0.25) is 0 Å². The van der Waals surface area contributed by atoms with E-state index < -0.39 is 28.7 Å². The highest BCUT2D eigenvalue weighted by Gasteiger charge is 2.19. The van der Waals surface area contributed by atoms with Gasteiger partial charge in [0.05, 0.1) is 5.56 Å². The molecular weight excluding hydrogens is 207 g/mol. The maximum atomic E-state index is 12.9. The third kappa shape index (κ3) is 1.98. The molecule has 0 unspecified atom stereocenters. The zero-order valence-corrected chi connectivity index (χ0v) is 6.86. The summed E-state index contributed by atoms with van der Waals surface area (Å²) in [6.45, 7) is 0. The van der Waals surface area contributed by atoms with Gasteiger partial charge in [0.2, 0.25) is 0 Å². The fourth-order valence-corrected chi connectivity index (χ4v) is 0.896. The van der Waals surface area contributed by atoms with Crippen LogP contribution in [0.15, 0.2) is 12.3 Å². The Labute approximate surface area is 76.3 Å². The molecule has 1 aromatic rings. The molecule has 0 saturated heterocycles. The number of aromatic nitrogens is 1. The van der Waals surface area contributed by atoms with E-state index in [9.17, 15) is 18.0 Å². The van der Waals surface area contributed by atoms with E-state index in [4.69, 9.17) is 11.6 Å². The summed E-state index contributed by atoms with van der Waals surface area (Å²) in [7, 11) is 0. The molecule has 0 fully saturated rings. The Bertz CT molecular complexity index is 343. The van der Waals surface area contributed by atoms with E-state index in [2.05, 4.69) is 4.98 Å². The molecule has 0 N–H and O–H groups in total. The lowest BCUT2D eigenvalue weighted by Gasteiger charge is -2.02. The molecule has 2 nitrogen and oxygen atoms in total. The van der Waals surface area contributed by atoms with Crippen molar-refractivity contribution >= 4 is 16.8 Å². The highest BCUT2D eigenvalue weighted by Crippen LogP contribution is 2.23. The monoisotopic (exact) mass is 209 g/mol. The molecule has 0 aliphatic carbocycles. The second-order valence-corrected chi connectivity index (χ2v) is 2.48. The summed E-state index contributed by atoms with van der Waals surface area (Å²) in [6.07, 6.45) is -2.09. The number of hydrogen-bond acceptors (Lipinski definition) is 2. The minimum Gasteiger partial charge on any atom is -0.274 e. The van der Waals surface area contributed by atoms with Crippen molar-refractivity contribution in [3.8, 4) is 0 Å². The standard InChI is InChI=1S/C7H3ClF3NO/c8-6(13)5-4(9)3(7(10)11)1-2-12-5/h1-2,7H. The minimum atomic E-state index is -2.99. The molecule has 0 aromatic carbocycles. The van der Waals surface area contributed by atoms with Crippen LogP contribution in [0.3, 0.4) is 0 Å². The topological polar surface area (TPSA) is 30.0 Å². The van der Waals surface area contributed by atoms with E-state index in [1.165, 1.54) is 0 Å². The molecule has 0 amide bonds. The first-order valence-corrected chi connectivity index (χ1v) is 3.54. The highest BCUT2D eigenvalue weighted by molar-refractivity contribution is 6.67. The van der Waals surface area contributed by atoms with Crippen molar-refractivity contribution in [2.75, 3.05) is 0 Å². The second kappa shape index (κ2) is 3.74. The Morgan fingerprint density at radius 2 is 2.15 bits per heavy atom. The number of hydrogen-bond donors (Lipinski definition) is 0. The Morgan fingerprint density at radius 1 is 1.54 bits per heavy atom. The van der Waals surface area contributed by atoms with Gasteiger partial charge in [0.25, 0.3) is 11.7 Å². The van der Waals surface area contributed by atoms with Gasteiger partial charge in [-0.25, -0.2) is 18.2 Å². The molecule has 1 heterocycles. The van der Waals surface area contributed by atoms with Crippen molar-refractivity contribution in [3.63, 3.8) is 0 Å². The molecule has 0 saturated carbocycles. The van der Waals surface area contributed by atoms with Gasteiger partial charge in [0, 0.05) is 6.20 Å². The normalized spacial score (nSPS) is 10.5. The molecular formula is C7H3ClF3NO. The zero-order chi connectivity index (χ0) is 10.0. The lowest BCUT2D eigenvalue weighted by Crippen LogP contribution is -2.03. The summed E-state index contributed by atoms with van der Waals surface area (Å²) in [5.74, 6) is -1.36. The van der Waals surface area contributed by atoms with Crippen molar-refractivity contribution in [2.24, 2.45) is 0 Å². The molecule has 0 spiro atoms. The first-order valence-electron chi connectivity index (χ1n) is 3.16. The SMILES string of the molecule is O=C(Cl)c1nccc(C(F)F)c1F. The molecule has 13 heavy (non-hydrogen) atoms. The van der Waals surface area contributed by atoms with Crippen LogP contribution in [-0.2, 0) is 0 Å². The number of pyridine rings is 1. The van der Waals surface area contributed by atoms with Crippen LogP contribution in [0.25, 0.3) is 0 Å². The predicted molar refractivity (Wildman–Crippen MR) is 39.3 cm³/mol. The maximum Gasteiger partial charge on any atom is 0.273 e. The third-order valence-electron chi connectivity index (χ3n) is 1.34. The Morgan fingerprint density at radius 3 is 2.62 bits per heavy atom. The average Bonchev–Trinajstić information content (AvgIpc) is 2.03. The summed E-state index contributed by atoms with van der Waals surface area (Å²) in [6, 6.07) is 0.795. The van der Waals surface area contributed by atoms with Crippen molar-refractivity contribution in [3.05, 3.63) is 29.3 Å². The Balaban J connectivity index is 3.26. The molecule has 0 bridgehead atoms. The van der Waals surface area contributed by atoms with Gasteiger partial charge in [-0.1, -0.05) is 0 Å². The zero-order valence-electron chi connectivity index (χ0n) is 6.10. The van der Waals surface area contributed by atoms with Gasteiger partial charge in [-0.15, -0.1) is 0 Å². The van der Waals surface area contributed by atoms with Crippen LogP contribution in [0.1, 0.15) is 22.5 Å². The van der Waals surface area contributed by atoms with Crippen molar-refractivity contribution < 1.29 is 18.0 Å². The van der Waals surface area contributed by atoms with Crippen LogP contribution < -0.4 is 0 Å². The van der Waals surface area contributed by atoms with Crippen LogP contribution in [-0.4, -0.2) is 10.2 Å². The highest BCUT2D eigenvalue weighted by atomic mass is 35.5. The Kier molecular flexibility index (Phi) is 2.87. The quantitative estimate of drug-likeness (QED) is 0.701. The second-order valence-electron chi connectivity index (χ2n) is 2.14. The van der Waals surface area contributed by atoms with Crippen LogP contribution >= 0.6 is 11.6 Å². The number of nitrogens with zero attached hydrogens (tertiary/aromatic N) is 1. The molecule has 0 atom stereocenters. The van der Waals surface area contributed by atoms with Crippen LogP contribution in [0.4, 0.5) is 13.2 Å². The summed E-state index contributed by atoms with van der Waals surface area (Å²) in [4.78, 5) is 13.7. The van der Waals surface area contributed by atoms with E-state index >= 15 is 0 Å². The summed E-state index contributed by atoms with van der Waals surface area (Å²) in [5.41, 5.74) is -1.65. The van der Waals surface area contributed by atoms with E-state index in [1.54, 1.807) is 0 Å². The average molecular weight is 210 g/mol. The maximum absolute atomic E-state index is 12.9. The van der Waals surface area contributed by atoms with Crippen LogP contribution in [0, 0.1) is 5.82 Å². The number of alkyl halides is 2. The molecule has 70 valence electrons. The fraction of sp³-hybridized carbons (Fsp3) is 0.143. The van der Waals surface area contributed by atoms with E-state index in [0.29, 0.717) is 0 Å². The predicted octanol–water partition coefficient (Wildman–Crippen LogP) is 2.54. The minimum absolute atomic E-state index is 0.778. The van der Waals surface area contributed by atoms with Gasteiger partial charge in [-0.05, 0) is 17.7 Å². The summed E-state index contributed by atoms with van der Waals surface area (Å²) < 4.78 is 37.0. The molecule has 1 aromatic heterocycles.